The number of hydrogen-bond donors (Lipinski definition) is 1. The summed E-state index contributed by atoms with van der Waals surface area (Å²) in [6.07, 6.45) is 7.03. The summed E-state index contributed by atoms with van der Waals surface area (Å²) in [7, 11) is -1.70. The van der Waals surface area contributed by atoms with Crippen molar-refractivity contribution in [1.82, 2.24) is 14.5 Å². The van der Waals surface area contributed by atoms with Gasteiger partial charge in [0, 0.05) is 25.8 Å². The number of amides is 1. The maximum atomic E-state index is 11.4. The van der Waals surface area contributed by atoms with Crippen molar-refractivity contribution in [3.05, 3.63) is 18.6 Å². The molecular formula is C20H32N4O2Si. The Bertz CT molecular complexity index is 825. The predicted molar refractivity (Wildman–Crippen MR) is 111 cm³/mol. The van der Waals surface area contributed by atoms with Gasteiger partial charge >= 0.3 is 0 Å². The first kappa shape index (κ1) is 20.0. The molecular weight excluding hydrogens is 356 g/mol. The molecule has 148 valence electrons. The number of anilines is 1. The van der Waals surface area contributed by atoms with Crippen molar-refractivity contribution in [1.29, 1.82) is 0 Å². The summed E-state index contributed by atoms with van der Waals surface area (Å²) in [4.78, 5) is 20.1. The minimum absolute atomic E-state index is 0.119. The monoisotopic (exact) mass is 388 g/mol. The van der Waals surface area contributed by atoms with Crippen LogP contribution in [0, 0.1) is 5.92 Å². The Kier molecular flexibility index (Phi) is 5.45. The van der Waals surface area contributed by atoms with Crippen LogP contribution in [0.25, 0.3) is 11.0 Å². The van der Waals surface area contributed by atoms with Crippen LogP contribution in [0.1, 0.15) is 53.0 Å². The summed E-state index contributed by atoms with van der Waals surface area (Å²) < 4.78 is 8.70. The highest BCUT2D eigenvalue weighted by atomic mass is 28.4. The van der Waals surface area contributed by atoms with E-state index in [1.54, 1.807) is 0 Å². The number of fused-ring (bicyclic) bond motifs is 1. The Morgan fingerprint density at radius 1 is 1.33 bits per heavy atom. The van der Waals surface area contributed by atoms with Crippen LogP contribution in [-0.4, -0.2) is 35.4 Å². The van der Waals surface area contributed by atoms with E-state index >= 15 is 0 Å². The van der Waals surface area contributed by atoms with Crippen molar-refractivity contribution in [2.75, 3.05) is 11.9 Å². The first-order valence-corrected chi connectivity index (χ1v) is 12.7. The van der Waals surface area contributed by atoms with Crippen molar-refractivity contribution >= 4 is 31.1 Å². The van der Waals surface area contributed by atoms with E-state index in [4.69, 9.17) is 4.43 Å². The molecule has 1 amide bonds. The van der Waals surface area contributed by atoms with E-state index in [2.05, 4.69) is 59.9 Å². The molecule has 3 rings (SSSR count). The molecule has 1 aliphatic rings. The van der Waals surface area contributed by atoms with E-state index in [-0.39, 0.29) is 10.9 Å². The van der Waals surface area contributed by atoms with Gasteiger partial charge in [0.25, 0.3) is 0 Å². The van der Waals surface area contributed by atoms with Crippen LogP contribution in [0.15, 0.2) is 18.6 Å². The van der Waals surface area contributed by atoms with Crippen molar-refractivity contribution in [2.24, 2.45) is 5.92 Å². The van der Waals surface area contributed by atoms with Gasteiger partial charge in [0.05, 0.1) is 5.39 Å². The third kappa shape index (κ3) is 4.24. The summed E-state index contributed by atoms with van der Waals surface area (Å²) in [5, 5.41) is 3.94. The van der Waals surface area contributed by atoms with E-state index < -0.39 is 8.32 Å². The topological polar surface area (TPSA) is 69.0 Å². The van der Waals surface area contributed by atoms with Gasteiger partial charge in [-0.25, -0.2) is 9.97 Å². The van der Waals surface area contributed by atoms with Crippen LogP contribution in [0.2, 0.25) is 18.1 Å². The second-order valence-corrected chi connectivity index (χ2v) is 14.1. The fourth-order valence-corrected chi connectivity index (χ4v) is 4.61. The molecule has 1 N–H and O–H groups in total. The van der Waals surface area contributed by atoms with Crippen LogP contribution >= 0.6 is 0 Å². The second kappa shape index (κ2) is 7.35. The van der Waals surface area contributed by atoms with Gasteiger partial charge in [-0.1, -0.05) is 20.8 Å². The van der Waals surface area contributed by atoms with E-state index in [0.29, 0.717) is 17.8 Å². The van der Waals surface area contributed by atoms with Crippen LogP contribution in [0.5, 0.6) is 0 Å². The minimum Gasteiger partial charge on any atom is -0.417 e. The molecule has 2 atom stereocenters. The zero-order valence-corrected chi connectivity index (χ0v) is 18.4. The van der Waals surface area contributed by atoms with Gasteiger partial charge in [-0.2, -0.15) is 0 Å². The Hall–Kier alpha value is -1.73. The molecule has 27 heavy (non-hydrogen) atoms. The quantitative estimate of drug-likeness (QED) is 0.750. The molecule has 0 aromatic carbocycles. The first-order valence-electron chi connectivity index (χ1n) is 9.81. The van der Waals surface area contributed by atoms with Crippen LogP contribution in [-0.2, 0) is 9.22 Å². The molecule has 1 aliphatic carbocycles. The number of aromatic nitrogens is 3. The standard InChI is InChI=1S/C20H32N4O2Si/c1-14(25)23-18-17-9-10-24(19(17)22-13-21-18)16-8-7-15(11-16)12-26-27(5,6)20(2,3)4/h9-10,13,15-16H,7-8,11-12H2,1-6H3,(H,21,22,23,25)/t15-,16+/m0/s1. The summed E-state index contributed by atoms with van der Waals surface area (Å²) in [5.41, 5.74) is 0.893. The number of hydrogen-bond acceptors (Lipinski definition) is 4. The van der Waals surface area contributed by atoms with Crippen LogP contribution < -0.4 is 5.32 Å². The molecule has 2 aromatic rings. The first-order chi connectivity index (χ1) is 12.6. The smallest absolute Gasteiger partial charge is 0.222 e. The molecule has 0 spiro atoms. The van der Waals surface area contributed by atoms with Gasteiger partial charge in [0.1, 0.15) is 17.8 Å². The van der Waals surface area contributed by atoms with E-state index in [1.807, 2.05) is 6.07 Å². The largest absolute Gasteiger partial charge is 0.417 e. The van der Waals surface area contributed by atoms with Gasteiger partial charge in [0.15, 0.2) is 8.32 Å². The molecule has 0 unspecified atom stereocenters. The normalized spacial score (nSPS) is 21.0. The summed E-state index contributed by atoms with van der Waals surface area (Å²) in [6.45, 7) is 13.9. The zero-order valence-electron chi connectivity index (χ0n) is 17.4. The SMILES string of the molecule is CC(=O)Nc1ncnc2c1ccn2[C@@H]1CC[C@H](CO[Si](C)(C)C(C)(C)C)C1. The highest BCUT2D eigenvalue weighted by Gasteiger charge is 2.38. The number of nitrogens with one attached hydrogen (secondary N) is 1. The number of carbonyl (C=O) groups excluding carboxylic acids is 1. The third-order valence-electron chi connectivity index (χ3n) is 6.20. The molecule has 2 aromatic heterocycles. The molecule has 7 heteroatoms. The molecule has 0 aliphatic heterocycles. The van der Waals surface area contributed by atoms with Crippen molar-refractivity contribution in [2.45, 2.75) is 71.1 Å². The van der Waals surface area contributed by atoms with E-state index in [9.17, 15) is 4.79 Å². The Balaban J connectivity index is 1.70. The molecule has 6 nitrogen and oxygen atoms in total. The number of carbonyl (C=O) groups is 1. The van der Waals surface area contributed by atoms with Crippen molar-refractivity contribution in [3.63, 3.8) is 0 Å². The highest BCUT2D eigenvalue weighted by Crippen LogP contribution is 2.40. The summed E-state index contributed by atoms with van der Waals surface area (Å²) >= 11 is 0. The van der Waals surface area contributed by atoms with Gasteiger partial charge in [-0.15, -0.1) is 0 Å². The highest BCUT2D eigenvalue weighted by molar-refractivity contribution is 6.74. The Morgan fingerprint density at radius 2 is 2.07 bits per heavy atom. The Labute approximate surface area is 162 Å². The lowest BCUT2D eigenvalue weighted by atomic mass is 10.1. The number of nitrogens with zero attached hydrogens (tertiary/aromatic N) is 3. The minimum atomic E-state index is -1.70. The van der Waals surface area contributed by atoms with Gasteiger partial charge in [0.2, 0.25) is 5.91 Å². The maximum absolute atomic E-state index is 11.4. The molecule has 1 fully saturated rings. The zero-order chi connectivity index (χ0) is 19.8. The summed E-state index contributed by atoms with van der Waals surface area (Å²) in [6, 6.07) is 2.43. The van der Waals surface area contributed by atoms with Crippen molar-refractivity contribution < 1.29 is 9.22 Å². The number of rotatable bonds is 5. The third-order valence-corrected chi connectivity index (χ3v) is 10.7. The van der Waals surface area contributed by atoms with E-state index in [1.165, 1.54) is 19.7 Å². The second-order valence-electron chi connectivity index (χ2n) is 9.27. The fraction of sp³-hybridized carbons (Fsp3) is 0.650. The van der Waals surface area contributed by atoms with Crippen molar-refractivity contribution in [3.8, 4) is 0 Å². The Morgan fingerprint density at radius 3 is 2.74 bits per heavy atom. The van der Waals surface area contributed by atoms with Gasteiger partial charge < -0.3 is 14.3 Å². The lowest BCUT2D eigenvalue weighted by Gasteiger charge is -2.37. The van der Waals surface area contributed by atoms with Gasteiger partial charge in [-0.3, -0.25) is 4.79 Å². The predicted octanol–water partition coefficient (Wildman–Crippen LogP) is 4.75. The average Bonchev–Trinajstić information content (AvgIpc) is 3.18. The molecule has 0 radical (unpaired) electrons. The lowest BCUT2D eigenvalue weighted by molar-refractivity contribution is -0.114. The molecule has 0 bridgehead atoms. The van der Waals surface area contributed by atoms with Crippen LogP contribution in [0.4, 0.5) is 5.82 Å². The summed E-state index contributed by atoms with van der Waals surface area (Å²) in [5.74, 6) is 1.06. The van der Waals surface area contributed by atoms with Crippen LogP contribution in [0.3, 0.4) is 0 Å². The maximum Gasteiger partial charge on any atom is 0.222 e. The van der Waals surface area contributed by atoms with Gasteiger partial charge in [-0.05, 0) is 49.4 Å². The van der Waals surface area contributed by atoms with E-state index in [0.717, 1.165) is 30.5 Å². The average molecular weight is 389 g/mol. The molecule has 1 saturated carbocycles. The lowest BCUT2D eigenvalue weighted by Crippen LogP contribution is -2.41. The molecule has 2 heterocycles. The fourth-order valence-electron chi connectivity index (χ4n) is 3.53. The molecule has 0 saturated heterocycles.